The quantitative estimate of drug-likeness (QED) is 0.108. The maximum atomic E-state index is 14.7. The fourth-order valence-electron chi connectivity index (χ4n) is 10.3. The molecule has 364 valence electrons. The number of amides is 4. The number of esters is 1. The zero-order valence-electron chi connectivity index (χ0n) is 40.9. The first kappa shape index (κ1) is 48.6. The summed E-state index contributed by atoms with van der Waals surface area (Å²) >= 11 is 0. The zero-order chi connectivity index (χ0) is 48.8. The molecule has 2 saturated heterocycles. The van der Waals surface area contributed by atoms with Crippen molar-refractivity contribution in [3.63, 3.8) is 0 Å². The third-order valence-corrected chi connectivity index (χ3v) is 14.2. The molecule has 4 aromatic rings. The second-order valence-electron chi connectivity index (χ2n) is 20.4. The minimum atomic E-state index is -1.18. The van der Waals surface area contributed by atoms with Crippen LogP contribution in [-0.4, -0.2) is 130 Å². The first-order valence-corrected chi connectivity index (χ1v) is 24.2. The first-order valence-electron chi connectivity index (χ1n) is 24.2. The van der Waals surface area contributed by atoms with Gasteiger partial charge in [-0.05, 0) is 116 Å². The van der Waals surface area contributed by atoms with Crippen LogP contribution >= 0.6 is 0 Å². The highest BCUT2D eigenvalue weighted by Gasteiger charge is 2.52. The number of phenols is 1. The number of benzene rings is 2. The van der Waals surface area contributed by atoms with Gasteiger partial charge in [-0.3, -0.25) is 39.3 Å². The number of pyridine rings is 1. The van der Waals surface area contributed by atoms with Gasteiger partial charge in [0.1, 0.15) is 29.9 Å². The molecular weight excluding hydrogens is 865 g/mol. The number of aromatic nitrogens is 2. The molecule has 6 bridgehead atoms. The Morgan fingerprint density at radius 2 is 1.81 bits per heavy atom. The third kappa shape index (κ3) is 10.1. The van der Waals surface area contributed by atoms with Crippen molar-refractivity contribution in [2.75, 3.05) is 40.9 Å². The van der Waals surface area contributed by atoms with Crippen molar-refractivity contribution >= 4 is 40.5 Å². The Labute approximate surface area is 399 Å². The van der Waals surface area contributed by atoms with Gasteiger partial charge in [0.2, 0.25) is 17.7 Å². The zero-order valence-corrected chi connectivity index (χ0v) is 40.9. The number of ether oxygens (including phenoxy) is 2. The number of nitrogens with zero attached hydrogens (tertiary/aromatic N) is 5. The van der Waals surface area contributed by atoms with E-state index in [0.717, 1.165) is 51.8 Å². The molecule has 6 atom stereocenters. The molecule has 2 aromatic carbocycles. The molecule has 16 heteroatoms. The summed E-state index contributed by atoms with van der Waals surface area (Å²) in [6.07, 6.45) is 5.15. The predicted molar refractivity (Wildman–Crippen MR) is 258 cm³/mol. The number of nitrogens with one attached hydrogen (secondary N) is 3. The number of cyclic esters (lactones) is 1. The Morgan fingerprint density at radius 1 is 1.04 bits per heavy atom. The number of hydrogen-bond acceptors (Lipinski definition) is 11. The Hall–Kier alpha value is -5.84. The van der Waals surface area contributed by atoms with Crippen molar-refractivity contribution in [1.29, 1.82) is 0 Å². The number of likely N-dealkylation sites (N-methyl/N-ethyl adjacent to an activating group) is 2. The van der Waals surface area contributed by atoms with Gasteiger partial charge in [-0.15, -0.1) is 0 Å². The molecule has 1 aliphatic carbocycles. The molecule has 3 fully saturated rings. The average molecular weight is 933 g/mol. The van der Waals surface area contributed by atoms with Crippen LogP contribution < -0.4 is 16.1 Å². The smallest absolute Gasteiger partial charge is 0.324 e. The minimum absolute atomic E-state index is 0.0148. The molecule has 8 rings (SSSR count). The van der Waals surface area contributed by atoms with E-state index in [1.54, 1.807) is 39.5 Å². The van der Waals surface area contributed by atoms with E-state index in [1.807, 2.05) is 39.0 Å². The van der Waals surface area contributed by atoms with Crippen molar-refractivity contribution in [2.24, 2.45) is 17.3 Å². The standard InChI is InChI=1S/C52H68N8O8/c1-10-59-41-18-17-33-25-37(41)38(47(59)36-13-11-19-53-43(36)30(4)67-9)26-52(5,6)28-68-51(66)39-14-12-20-60(56-39)49(64)40(23-31-21-34(33)24-35(61)22-31)54-48(63)46(29(2)3)58(8)42(62)27-57(7)50(65)45-44(55-45)32-15-16-32/h11,13,17-19,21-22,24-25,29-30,32,39-40,44-46,55-56,61H,10,12,14-16,20,23,26-28H2,1-9H3,(H,54,63)/t30-,39-,40-,44+,45-,46?/m0/s1. The molecule has 2 aromatic heterocycles. The van der Waals surface area contributed by atoms with Crippen LogP contribution in [0.2, 0.25) is 0 Å². The average Bonchev–Trinajstić information content (AvgIpc) is 4.26. The van der Waals surface area contributed by atoms with Crippen LogP contribution in [-0.2, 0) is 52.8 Å². The highest BCUT2D eigenvalue weighted by Crippen LogP contribution is 2.43. The van der Waals surface area contributed by atoms with Crippen LogP contribution in [0.25, 0.3) is 33.3 Å². The van der Waals surface area contributed by atoms with E-state index in [1.165, 1.54) is 14.8 Å². The molecule has 0 spiro atoms. The Kier molecular flexibility index (Phi) is 14.0. The molecule has 16 nitrogen and oxygen atoms in total. The maximum absolute atomic E-state index is 14.7. The van der Waals surface area contributed by atoms with Gasteiger partial charge in [0.05, 0.1) is 30.6 Å². The largest absolute Gasteiger partial charge is 0.508 e. The van der Waals surface area contributed by atoms with Gasteiger partial charge >= 0.3 is 5.97 Å². The molecule has 1 saturated carbocycles. The van der Waals surface area contributed by atoms with E-state index in [0.29, 0.717) is 42.9 Å². The summed E-state index contributed by atoms with van der Waals surface area (Å²) in [5.41, 5.74) is 9.52. The lowest BCUT2D eigenvalue weighted by Gasteiger charge is -2.37. The molecule has 68 heavy (non-hydrogen) atoms. The van der Waals surface area contributed by atoms with Crippen molar-refractivity contribution in [1.82, 2.24) is 40.4 Å². The van der Waals surface area contributed by atoms with Crippen LogP contribution in [0.5, 0.6) is 5.75 Å². The van der Waals surface area contributed by atoms with Crippen LogP contribution in [0.3, 0.4) is 0 Å². The molecule has 4 aliphatic rings. The summed E-state index contributed by atoms with van der Waals surface area (Å²) in [4.78, 5) is 77.7. The van der Waals surface area contributed by atoms with E-state index in [9.17, 15) is 29.1 Å². The number of aryl methyl sites for hydroxylation is 1. The van der Waals surface area contributed by atoms with E-state index in [4.69, 9.17) is 14.5 Å². The summed E-state index contributed by atoms with van der Waals surface area (Å²) in [7, 11) is 4.81. The Morgan fingerprint density at radius 3 is 2.51 bits per heavy atom. The first-order chi connectivity index (χ1) is 32.4. The number of fused-ring (bicyclic) bond motifs is 6. The molecule has 1 unspecified atom stereocenters. The van der Waals surface area contributed by atoms with Crippen LogP contribution in [0.4, 0.5) is 0 Å². The van der Waals surface area contributed by atoms with Gasteiger partial charge in [-0.2, -0.15) is 0 Å². The number of carbonyl (C=O) groups is 5. The minimum Gasteiger partial charge on any atom is -0.508 e. The van der Waals surface area contributed by atoms with Gasteiger partial charge in [-0.25, -0.2) is 5.43 Å². The number of aromatic hydroxyl groups is 1. The van der Waals surface area contributed by atoms with Crippen LogP contribution in [0, 0.1) is 17.3 Å². The van der Waals surface area contributed by atoms with Gasteiger partial charge in [0.15, 0.2) is 0 Å². The van der Waals surface area contributed by atoms with Crippen molar-refractivity contribution < 1.29 is 38.6 Å². The molecule has 4 N–H and O–H groups in total. The van der Waals surface area contributed by atoms with Crippen LogP contribution in [0.1, 0.15) is 90.2 Å². The number of rotatable bonds is 12. The Bertz CT molecular complexity index is 2590. The van der Waals surface area contributed by atoms with Gasteiger partial charge in [0, 0.05) is 74.8 Å². The number of hydrazine groups is 1. The van der Waals surface area contributed by atoms with E-state index >= 15 is 0 Å². The van der Waals surface area contributed by atoms with E-state index < -0.39 is 47.2 Å². The second kappa shape index (κ2) is 19.6. The van der Waals surface area contributed by atoms with E-state index in [2.05, 4.69) is 59.6 Å². The lowest BCUT2D eigenvalue weighted by molar-refractivity contribution is -0.155. The highest BCUT2D eigenvalue weighted by molar-refractivity contribution is 5.96. The molecular formula is C52H68N8O8. The number of carbonyl (C=O) groups excluding carboxylic acids is 5. The number of phenolic OH excluding ortho intramolecular Hbond substituents is 1. The lowest BCUT2D eigenvalue weighted by Crippen LogP contribution is -2.62. The van der Waals surface area contributed by atoms with Crippen LogP contribution in [0.15, 0.2) is 54.7 Å². The van der Waals surface area contributed by atoms with Crippen molar-refractivity contribution in [3.8, 4) is 28.1 Å². The fourth-order valence-corrected chi connectivity index (χ4v) is 10.3. The Balaban J connectivity index is 1.16. The summed E-state index contributed by atoms with van der Waals surface area (Å²) < 4.78 is 14.2. The second-order valence-corrected chi connectivity index (χ2v) is 20.4. The molecule has 3 aliphatic heterocycles. The summed E-state index contributed by atoms with van der Waals surface area (Å²) in [6.45, 7) is 12.7. The van der Waals surface area contributed by atoms with Crippen molar-refractivity contribution in [3.05, 3.63) is 71.5 Å². The fraction of sp³-hybridized carbons (Fsp3) is 0.538. The van der Waals surface area contributed by atoms with Gasteiger partial charge in [0.25, 0.3) is 5.91 Å². The predicted octanol–water partition coefficient (Wildman–Crippen LogP) is 5.14. The molecule has 5 heterocycles. The number of hydrogen-bond donors (Lipinski definition) is 4. The highest BCUT2D eigenvalue weighted by atomic mass is 16.5. The third-order valence-electron chi connectivity index (χ3n) is 14.2. The molecule has 0 radical (unpaired) electrons. The summed E-state index contributed by atoms with van der Waals surface area (Å²) in [5.74, 6) is -1.96. The normalized spacial score (nSPS) is 22.5. The van der Waals surface area contributed by atoms with E-state index in [-0.39, 0.29) is 61.9 Å². The monoisotopic (exact) mass is 933 g/mol. The SMILES string of the molecule is CCn1c(-c2cccnc2[C@H](C)OC)c2c3cc(ccc31)-c1cc(O)cc(c1)C[C@H](NC(=O)C(C(C)C)N(C)C(=O)CN(C)C(=O)[C@H]1N[C@@H]1C1CC1)C(=O)N1CCC[C@H](N1)C(=O)OCC(C)(C)C2. The summed E-state index contributed by atoms with van der Waals surface area (Å²) in [5, 5.41) is 20.0. The van der Waals surface area contributed by atoms with Crippen molar-refractivity contribution in [2.45, 2.75) is 123 Å². The topological polar surface area (TPSA) is 198 Å². The molecule has 4 amide bonds. The van der Waals surface area contributed by atoms with Gasteiger partial charge < -0.3 is 34.3 Å². The van der Waals surface area contributed by atoms with Gasteiger partial charge in [-0.1, -0.05) is 39.8 Å². The summed E-state index contributed by atoms with van der Waals surface area (Å²) in [6, 6.07) is 12.3. The number of methoxy groups -OCH3 is 1. The lowest BCUT2D eigenvalue weighted by atomic mass is 9.84. The maximum Gasteiger partial charge on any atom is 0.324 e.